The van der Waals surface area contributed by atoms with Crippen molar-refractivity contribution in [1.29, 1.82) is 0 Å². The molecular formula is C20H21N3O3. The Bertz CT molecular complexity index is 864. The number of ether oxygens (including phenoxy) is 1. The number of pyridine rings is 1. The molecule has 0 bridgehead atoms. The Morgan fingerprint density at radius 2 is 1.88 bits per heavy atom. The van der Waals surface area contributed by atoms with Crippen LogP contribution in [0.3, 0.4) is 0 Å². The van der Waals surface area contributed by atoms with Gasteiger partial charge in [-0.05, 0) is 50.1 Å². The van der Waals surface area contributed by atoms with Crippen molar-refractivity contribution >= 4 is 11.7 Å². The number of amides is 1. The van der Waals surface area contributed by atoms with Crippen LogP contribution in [0.5, 0.6) is 5.75 Å². The van der Waals surface area contributed by atoms with E-state index in [0.29, 0.717) is 12.4 Å². The van der Waals surface area contributed by atoms with Crippen molar-refractivity contribution in [3.8, 4) is 5.75 Å². The molecule has 0 atom stereocenters. The molecule has 0 unspecified atom stereocenters. The Balaban J connectivity index is 1.54. The summed E-state index contributed by atoms with van der Waals surface area (Å²) in [5.74, 6) is 1.95. The molecule has 3 aromatic rings. The average Bonchev–Trinajstić information content (AvgIpc) is 2.94. The van der Waals surface area contributed by atoms with Crippen LogP contribution in [0.25, 0.3) is 0 Å². The molecule has 134 valence electrons. The van der Waals surface area contributed by atoms with Crippen molar-refractivity contribution < 1.29 is 14.1 Å². The summed E-state index contributed by atoms with van der Waals surface area (Å²) in [5.41, 5.74) is 3.74. The number of hydrogen-bond acceptors (Lipinski definition) is 5. The highest BCUT2D eigenvalue weighted by molar-refractivity contribution is 5.91. The molecule has 1 N–H and O–H groups in total. The number of rotatable bonds is 6. The van der Waals surface area contributed by atoms with E-state index in [-0.39, 0.29) is 12.3 Å². The van der Waals surface area contributed by atoms with Crippen molar-refractivity contribution in [1.82, 2.24) is 10.1 Å². The second-order valence-electron chi connectivity index (χ2n) is 6.18. The van der Waals surface area contributed by atoms with Crippen molar-refractivity contribution in [3.05, 3.63) is 70.7 Å². The van der Waals surface area contributed by atoms with Gasteiger partial charge in [-0.15, -0.1) is 0 Å². The van der Waals surface area contributed by atoms with E-state index < -0.39 is 0 Å². The predicted molar refractivity (Wildman–Crippen MR) is 98.1 cm³/mol. The van der Waals surface area contributed by atoms with E-state index in [1.54, 1.807) is 12.3 Å². The molecule has 6 heteroatoms. The monoisotopic (exact) mass is 351 g/mol. The van der Waals surface area contributed by atoms with Crippen LogP contribution < -0.4 is 10.1 Å². The van der Waals surface area contributed by atoms with Crippen LogP contribution in [0.15, 0.2) is 47.1 Å². The maximum atomic E-state index is 12.1. The fraction of sp³-hybridized carbons (Fsp3) is 0.250. The number of anilines is 1. The van der Waals surface area contributed by atoms with Gasteiger partial charge in [0, 0.05) is 6.20 Å². The van der Waals surface area contributed by atoms with Gasteiger partial charge in [0.25, 0.3) is 0 Å². The van der Waals surface area contributed by atoms with E-state index in [1.807, 2.05) is 51.1 Å². The molecule has 1 amide bonds. The van der Waals surface area contributed by atoms with Gasteiger partial charge in [-0.25, -0.2) is 4.98 Å². The molecule has 0 radical (unpaired) electrons. The fourth-order valence-electron chi connectivity index (χ4n) is 2.48. The first-order valence-corrected chi connectivity index (χ1v) is 8.37. The third kappa shape index (κ3) is 4.47. The van der Waals surface area contributed by atoms with Gasteiger partial charge in [-0.2, -0.15) is 0 Å². The summed E-state index contributed by atoms with van der Waals surface area (Å²) in [7, 11) is 0. The molecule has 26 heavy (non-hydrogen) atoms. The smallest absolute Gasteiger partial charge is 0.229 e. The van der Waals surface area contributed by atoms with Gasteiger partial charge in [0.1, 0.15) is 23.9 Å². The maximum Gasteiger partial charge on any atom is 0.229 e. The summed E-state index contributed by atoms with van der Waals surface area (Å²) in [4.78, 5) is 16.3. The topological polar surface area (TPSA) is 77.2 Å². The van der Waals surface area contributed by atoms with E-state index in [4.69, 9.17) is 9.26 Å². The number of benzene rings is 1. The number of aryl methyl sites for hydroxylation is 3. The number of carbonyl (C=O) groups excluding carboxylic acids is 1. The van der Waals surface area contributed by atoms with E-state index >= 15 is 0 Å². The van der Waals surface area contributed by atoms with E-state index in [1.165, 1.54) is 0 Å². The molecule has 2 aromatic heterocycles. The largest absolute Gasteiger partial charge is 0.489 e. The quantitative estimate of drug-likeness (QED) is 0.732. The summed E-state index contributed by atoms with van der Waals surface area (Å²) in [5, 5.41) is 6.70. The lowest BCUT2D eigenvalue weighted by atomic mass is 10.1. The van der Waals surface area contributed by atoms with Gasteiger partial charge < -0.3 is 14.6 Å². The third-order valence-corrected chi connectivity index (χ3v) is 4.03. The standard InChI is InChI=1S/C20H21N3O3/c1-13-4-9-19(21-11-13)22-20(24)10-16-5-7-17(8-6-16)25-12-18-14(2)23-26-15(18)3/h4-9,11H,10,12H2,1-3H3,(H,21,22,24). The molecule has 0 spiro atoms. The molecule has 0 saturated carbocycles. The highest BCUT2D eigenvalue weighted by Gasteiger charge is 2.10. The molecule has 3 rings (SSSR count). The Morgan fingerprint density at radius 1 is 1.12 bits per heavy atom. The molecule has 0 saturated heterocycles. The van der Waals surface area contributed by atoms with Gasteiger partial charge >= 0.3 is 0 Å². The molecule has 0 fully saturated rings. The normalized spacial score (nSPS) is 10.6. The van der Waals surface area contributed by atoms with Crippen LogP contribution in [0.1, 0.15) is 28.1 Å². The Labute approximate surface area is 152 Å². The van der Waals surface area contributed by atoms with Crippen molar-refractivity contribution in [2.45, 2.75) is 33.8 Å². The lowest BCUT2D eigenvalue weighted by Crippen LogP contribution is -2.15. The maximum absolute atomic E-state index is 12.1. The van der Waals surface area contributed by atoms with E-state index in [2.05, 4.69) is 15.5 Å². The van der Waals surface area contributed by atoms with Crippen LogP contribution in [-0.2, 0) is 17.8 Å². The minimum absolute atomic E-state index is 0.106. The van der Waals surface area contributed by atoms with Crippen molar-refractivity contribution in [2.24, 2.45) is 0 Å². The first-order valence-electron chi connectivity index (χ1n) is 8.37. The highest BCUT2D eigenvalue weighted by Crippen LogP contribution is 2.18. The fourth-order valence-corrected chi connectivity index (χ4v) is 2.48. The van der Waals surface area contributed by atoms with Crippen LogP contribution in [0.2, 0.25) is 0 Å². The molecule has 6 nitrogen and oxygen atoms in total. The lowest BCUT2D eigenvalue weighted by molar-refractivity contribution is -0.115. The molecular weight excluding hydrogens is 330 g/mol. The van der Waals surface area contributed by atoms with Crippen LogP contribution in [0.4, 0.5) is 5.82 Å². The minimum Gasteiger partial charge on any atom is -0.489 e. The minimum atomic E-state index is -0.106. The number of carbonyl (C=O) groups is 1. The molecule has 1 aromatic carbocycles. The van der Waals surface area contributed by atoms with Crippen molar-refractivity contribution in [2.75, 3.05) is 5.32 Å². The van der Waals surface area contributed by atoms with Crippen molar-refractivity contribution in [3.63, 3.8) is 0 Å². The lowest BCUT2D eigenvalue weighted by Gasteiger charge is -2.08. The van der Waals surface area contributed by atoms with Crippen LogP contribution in [0, 0.1) is 20.8 Å². The zero-order valence-corrected chi connectivity index (χ0v) is 15.1. The highest BCUT2D eigenvalue weighted by atomic mass is 16.5. The Morgan fingerprint density at radius 3 is 2.50 bits per heavy atom. The summed E-state index contributed by atoms with van der Waals surface area (Å²) in [6.45, 7) is 6.11. The molecule has 0 aliphatic heterocycles. The molecule has 2 heterocycles. The summed E-state index contributed by atoms with van der Waals surface area (Å²) < 4.78 is 10.9. The third-order valence-electron chi connectivity index (χ3n) is 4.03. The SMILES string of the molecule is Cc1ccc(NC(=O)Cc2ccc(OCc3c(C)noc3C)cc2)nc1. The zero-order valence-electron chi connectivity index (χ0n) is 15.1. The van der Waals surface area contributed by atoms with Gasteiger partial charge in [-0.1, -0.05) is 23.4 Å². The number of nitrogens with one attached hydrogen (secondary N) is 1. The zero-order chi connectivity index (χ0) is 18.5. The first-order chi connectivity index (χ1) is 12.5. The van der Waals surface area contributed by atoms with Gasteiger partial charge in [0.2, 0.25) is 5.91 Å². The predicted octanol–water partition coefficient (Wildman–Crippen LogP) is 3.76. The van der Waals surface area contributed by atoms with E-state index in [9.17, 15) is 4.79 Å². The molecule has 0 aliphatic rings. The summed E-state index contributed by atoms with van der Waals surface area (Å²) in [6, 6.07) is 11.2. The summed E-state index contributed by atoms with van der Waals surface area (Å²) in [6.07, 6.45) is 2.00. The van der Waals surface area contributed by atoms with Crippen LogP contribution >= 0.6 is 0 Å². The van der Waals surface area contributed by atoms with Gasteiger partial charge in [0.05, 0.1) is 17.7 Å². The number of aromatic nitrogens is 2. The van der Waals surface area contributed by atoms with Gasteiger partial charge in [0.15, 0.2) is 0 Å². The number of hydrogen-bond donors (Lipinski definition) is 1. The second-order valence-corrected chi connectivity index (χ2v) is 6.18. The summed E-state index contributed by atoms with van der Waals surface area (Å²) >= 11 is 0. The Hall–Kier alpha value is -3.15. The average molecular weight is 351 g/mol. The first kappa shape index (κ1) is 17.7. The second kappa shape index (κ2) is 7.82. The van der Waals surface area contributed by atoms with Crippen LogP contribution in [-0.4, -0.2) is 16.0 Å². The Kier molecular flexibility index (Phi) is 5.31. The van der Waals surface area contributed by atoms with E-state index in [0.717, 1.165) is 33.9 Å². The number of nitrogens with zero attached hydrogens (tertiary/aromatic N) is 2. The molecule has 0 aliphatic carbocycles. The van der Waals surface area contributed by atoms with Gasteiger partial charge in [-0.3, -0.25) is 4.79 Å².